The number of rotatable bonds is 6. The van der Waals surface area contributed by atoms with Crippen molar-refractivity contribution in [1.29, 1.82) is 0 Å². The highest BCUT2D eigenvalue weighted by atomic mass is 32.2. The van der Waals surface area contributed by atoms with Crippen LogP contribution in [0.2, 0.25) is 0 Å². The van der Waals surface area contributed by atoms with E-state index in [9.17, 15) is 18.3 Å². The predicted octanol–water partition coefficient (Wildman–Crippen LogP) is 3.36. The minimum atomic E-state index is -3.53. The standard InChI is InChI=1S/C22H21N3O6S/c1-30-19-10-5-8-15(21(19)26)18-13-17(23-25(18)22(27)20-11-6-12-31-20)14-7-3-4-9-16(14)24-32(2,28)29/h3-12,18,24,26H,13H2,1-2H3. The van der Waals surface area contributed by atoms with Crippen LogP contribution in [-0.4, -0.2) is 43.5 Å². The van der Waals surface area contributed by atoms with Gasteiger partial charge in [-0.2, -0.15) is 5.10 Å². The van der Waals surface area contributed by atoms with Crippen molar-refractivity contribution >= 4 is 27.3 Å². The maximum absolute atomic E-state index is 13.1. The monoisotopic (exact) mass is 455 g/mol. The van der Waals surface area contributed by atoms with Gasteiger partial charge < -0.3 is 14.3 Å². The molecule has 1 amide bonds. The van der Waals surface area contributed by atoms with Crippen LogP contribution in [0, 0.1) is 0 Å². The van der Waals surface area contributed by atoms with Gasteiger partial charge in [-0.25, -0.2) is 13.4 Å². The summed E-state index contributed by atoms with van der Waals surface area (Å²) in [5, 5.41) is 16.5. The molecule has 0 radical (unpaired) electrons. The van der Waals surface area contributed by atoms with Gasteiger partial charge in [0.15, 0.2) is 17.3 Å². The minimum Gasteiger partial charge on any atom is -0.504 e. The van der Waals surface area contributed by atoms with Gasteiger partial charge in [-0.3, -0.25) is 9.52 Å². The normalized spacial score (nSPS) is 16.0. The molecular formula is C22H21N3O6S. The van der Waals surface area contributed by atoms with Crippen molar-refractivity contribution in [2.75, 3.05) is 18.1 Å². The summed E-state index contributed by atoms with van der Waals surface area (Å²) in [6.45, 7) is 0. The first-order valence-electron chi connectivity index (χ1n) is 9.66. The molecule has 4 rings (SSSR count). The Labute approximate surface area is 185 Å². The molecule has 1 aliphatic heterocycles. The lowest BCUT2D eigenvalue weighted by atomic mass is 9.96. The largest absolute Gasteiger partial charge is 0.504 e. The number of hydrogen-bond acceptors (Lipinski definition) is 7. The van der Waals surface area contributed by atoms with Crippen molar-refractivity contribution in [2.45, 2.75) is 12.5 Å². The van der Waals surface area contributed by atoms with E-state index in [1.807, 2.05) is 0 Å². The summed E-state index contributed by atoms with van der Waals surface area (Å²) >= 11 is 0. The van der Waals surface area contributed by atoms with Gasteiger partial charge in [0.2, 0.25) is 10.0 Å². The number of aromatic hydroxyl groups is 1. The number of hydrazone groups is 1. The minimum absolute atomic E-state index is 0.0879. The van der Waals surface area contributed by atoms with Crippen LogP contribution in [-0.2, 0) is 10.0 Å². The van der Waals surface area contributed by atoms with Gasteiger partial charge in [-0.05, 0) is 24.3 Å². The summed E-state index contributed by atoms with van der Waals surface area (Å²) in [6, 6.07) is 14.2. The molecule has 1 aromatic heterocycles. The zero-order chi connectivity index (χ0) is 22.9. The molecule has 2 heterocycles. The van der Waals surface area contributed by atoms with Gasteiger partial charge in [0.25, 0.3) is 0 Å². The summed E-state index contributed by atoms with van der Waals surface area (Å²) in [5.41, 5.74) is 1.79. The summed E-state index contributed by atoms with van der Waals surface area (Å²) in [6.07, 6.45) is 2.68. The molecule has 1 atom stereocenters. The number of carbonyl (C=O) groups excluding carboxylic acids is 1. The van der Waals surface area contributed by atoms with E-state index < -0.39 is 22.0 Å². The molecule has 32 heavy (non-hydrogen) atoms. The van der Waals surface area contributed by atoms with E-state index in [1.54, 1.807) is 48.5 Å². The second-order valence-electron chi connectivity index (χ2n) is 7.21. The van der Waals surface area contributed by atoms with Crippen LogP contribution in [0.25, 0.3) is 0 Å². The molecular weight excluding hydrogens is 434 g/mol. The fourth-order valence-corrected chi connectivity index (χ4v) is 4.19. The number of carbonyl (C=O) groups is 1. The molecule has 0 fully saturated rings. The number of ether oxygens (including phenoxy) is 1. The van der Waals surface area contributed by atoms with E-state index in [-0.39, 0.29) is 23.7 Å². The fourth-order valence-electron chi connectivity index (χ4n) is 3.61. The molecule has 0 bridgehead atoms. The average Bonchev–Trinajstić information content (AvgIpc) is 3.43. The highest BCUT2D eigenvalue weighted by Gasteiger charge is 2.37. The number of hydrogen-bond donors (Lipinski definition) is 2. The van der Waals surface area contributed by atoms with Gasteiger partial charge in [-0.15, -0.1) is 0 Å². The van der Waals surface area contributed by atoms with Crippen molar-refractivity contribution in [1.82, 2.24) is 5.01 Å². The summed E-state index contributed by atoms with van der Waals surface area (Å²) < 4.78 is 36.6. The van der Waals surface area contributed by atoms with Crippen LogP contribution in [0.1, 0.15) is 34.1 Å². The van der Waals surface area contributed by atoms with Crippen LogP contribution in [0.3, 0.4) is 0 Å². The lowest BCUT2D eigenvalue weighted by Gasteiger charge is -2.22. The molecule has 2 N–H and O–H groups in total. The molecule has 0 spiro atoms. The highest BCUT2D eigenvalue weighted by molar-refractivity contribution is 7.92. The van der Waals surface area contributed by atoms with Gasteiger partial charge in [0.1, 0.15) is 0 Å². The Kier molecular flexibility index (Phi) is 5.62. The number of anilines is 1. The number of nitrogens with one attached hydrogen (secondary N) is 1. The molecule has 9 nitrogen and oxygen atoms in total. The third kappa shape index (κ3) is 4.17. The molecule has 2 aromatic carbocycles. The molecule has 10 heteroatoms. The summed E-state index contributed by atoms with van der Waals surface area (Å²) in [4.78, 5) is 13.1. The Hall–Kier alpha value is -3.79. The molecule has 1 aliphatic rings. The Balaban J connectivity index is 1.80. The number of nitrogens with zero attached hydrogens (tertiary/aromatic N) is 2. The molecule has 0 saturated carbocycles. The number of phenols is 1. The zero-order valence-electron chi connectivity index (χ0n) is 17.3. The molecule has 166 valence electrons. The summed E-state index contributed by atoms with van der Waals surface area (Å²) in [5.74, 6) is -0.243. The number of furan rings is 1. The molecule has 3 aromatic rings. The average molecular weight is 455 g/mol. The van der Waals surface area contributed by atoms with E-state index in [0.717, 1.165) is 6.26 Å². The van der Waals surface area contributed by atoms with Crippen molar-refractivity contribution in [3.63, 3.8) is 0 Å². The smallest absolute Gasteiger partial charge is 0.310 e. The van der Waals surface area contributed by atoms with Crippen molar-refractivity contribution in [2.24, 2.45) is 5.10 Å². The second-order valence-corrected chi connectivity index (χ2v) is 8.96. The molecule has 0 aliphatic carbocycles. The highest BCUT2D eigenvalue weighted by Crippen LogP contribution is 2.42. The van der Waals surface area contributed by atoms with E-state index >= 15 is 0 Å². The van der Waals surface area contributed by atoms with Crippen molar-refractivity contribution < 1.29 is 27.5 Å². The number of phenolic OH excluding ortho intramolecular Hbond substituents is 1. The fraction of sp³-hybridized carbons (Fsp3) is 0.182. The van der Waals surface area contributed by atoms with Crippen LogP contribution >= 0.6 is 0 Å². The predicted molar refractivity (Wildman–Crippen MR) is 118 cm³/mol. The third-order valence-corrected chi connectivity index (χ3v) is 5.58. The SMILES string of the molecule is COc1cccc(C2CC(c3ccccc3NS(C)(=O)=O)=NN2C(=O)c2ccco2)c1O. The van der Waals surface area contributed by atoms with E-state index in [1.165, 1.54) is 24.4 Å². The number of methoxy groups -OCH3 is 1. The van der Waals surface area contributed by atoms with E-state index in [4.69, 9.17) is 9.15 Å². The van der Waals surface area contributed by atoms with Gasteiger partial charge >= 0.3 is 5.91 Å². The maximum atomic E-state index is 13.1. The molecule has 1 unspecified atom stereocenters. The second kappa shape index (κ2) is 8.39. The first kappa shape index (κ1) is 21.4. The van der Waals surface area contributed by atoms with Crippen LogP contribution in [0.4, 0.5) is 5.69 Å². The topological polar surface area (TPSA) is 121 Å². The maximum Gasteiger partial charge on any atom is 0.310 e. The van der Waals surface area contributed by atoms with Crippen LogP contribution < -0.4 is 9.46 Å². The first-order chi connectivity index (χ1) is 15.3. The number of sulfonamides is 1. The summed E-state index contributed by atoms with van der Waals surface area (Å²) in [7, 11) is -2.09. The van der Waals surface area contributed by atoms with E-state index in [0.29, 0.717) is 22.5 Å². The Morgan fingerprint density at radius 3 is 2.66 bits per heavy atom. The lowest BCUT2D eigenvalue weighted by molar-refractivity contribution is 0.0676. The lowest BCUT2D eigenvalue weighted by Crippen LogP contribution is -2.26. The number of para-hydroxylation sites is 2. The third-order valence-electron chi connectivity index (χ3n) is 4.99. The van der Waals surface area contributed by atoms with Crippen LogP contribution in [0.15, 0.2) is 70.4 Å². The van der Waals surface area contributed by atoms with E-state index in [2.05, 4.69) is 9.82 Å². The Morgan fingerprint density at radius 2 is 1.97 bits per heavy atom. The van der Waals surface area contributed by atoms with Gasteiger partial charge in [0, 0.05) is 17.5 Å². The Bertz CT molecular complexity index is 1280. The first-order valence-corrected chi connectivity index (χ1v) is 11.5. The van der Waals surface area contributed by atoms with Crippen molar-refractivity contribution in [3.8, 4) is 11.5 Å². The van der Waals surface area contributed by atoms with Crippen molar-refractivity contribution in [3.05, 3.63) is 77.7 Å². The van der Waals surface area contributed by atoms with Gasteiger partial charge in [0.05, 0.1) is 37.1 Å². The Morgan fingerprint density at radius 1 is 1.19 bits per heavy atom. The van der Waals surface area contributed by atoms with Gasteiger partial charge in [-0.1, -0.05) is 30.3 Å². The van der Waals surface area contributed by atoms with Crippen LogP contribution in [0.5, 0.6) is 11.5 Å². The number of amides is 1. The zero-order valence-corrected chi connectivity index (χ0v) is 18.2. The quantitative estimate of drug-likeness (QED) is 0.588. The number of benzene rings is 2. The molecule has 0 saturated heterocycles.